The van der Waals surface area contributed by atoms with Gasteiger partial charge in [-0.25, -0.2) is 4.68 Å². The monoisotopic (exact) mass is 366 g/mol. The van der Waals surface area contributed by atoms with Crippen LogP contribution in [0.1, 0.15) is 11.3 Å². The van der Waals surface area contributed by atoms with Gasteiger partial charge in [0.2, 0.25) is 12.3 Å². The molecule has 0 radical (unpaired) electrons. The molecule has 130 valence electrons. The number of nitrogens with zero attached hydrogens (tertiary/aromatic N) is 4. The van der Waals surface area contributed by atoms with E-state index < -0.39 is 0 Å². The van der Waals surface area contributed by atoms with Crippen LogP contribution in [0.2, 0.25) is 5.15 Å². The van der Waals surface area contributed by atoms with Gasteiger partial charge in [0.05, 0.1) is 11.4 Å². The molecular weight excluding hydrogens is 352 g/mol. The van der Waals surface area contributed by atoms with Gasteiger partial charge in [-0.2, -0.15) is 5.10 Å². The van der Waals surface area contributed by atoms with Crippen LogP contribution in [0.5, 0.6) is 5.75 Å². The molecule has 0 aliphatic rings. The van der Waals surface area contributed by atoms with Gasteiger partial charge in [-0.1, -0.05) is 29.8 Å². The van der Waals surface area contributed by atoms with E-state index in [0.29, 0.717) is 17.7 Å². The Kier molecular flexibility index (Phi) is 4.41. The fraction of sp³-hybridized carbons (Fsp3) is 0.105. The molecule has 0 N–H and O–H groups in total. The van der Waals surface area contributed by atoms with Gasteiger partial charge in [-0.15, -0.1) is 10.2 Å². The molecule has 2 aromatic heterocycles. The number of para-hydroxylation sites is 1. The number of hydrogen-bond donors (Lipinski definition) is 0. The number of ether oxygens (including phenoxy) is 1. The average Bonchev–Trinajstić information content (AvgIpc) is 3.30. The fourth-order valence-corrected chi connectivity index (χ4v) is 2.91. The number of hydrogen-bond acceptors (Lipinski definition) is 5. The molecule has 7 heteroatoms. The van der Waals surface area contributed by atoms with Gasteiger partial charge in [0.1, 0.15) is 17.5 Å². The maximum absolute atomic E-state index is 6.52. The second kappa shape index (κ2) is 7.01. The standard InChI is InChI=1S/C19H15ClN4O2/c1-13-17(18(20)24(23-13)15-5-3-2-4-6-15)11-25-16-9-7-14(8-10-16)19-22-21-12-26-19/h2-10,12H,11H2,1H3. The molecule has 0 fully saturated rings. The SMILES string of the molecule is Cc1nn(-c2ccccc2)c(Cl)c1COc1ccc(-c2nnco2)cc1. The molecule has 0 atom stereocenters. The Morgan fingerprint density at radius 1 is 1.08 bits per heavy atom. The van der Waals surface area contributed by atoms with Crippen LogP contribution in [0.25, 0.3) is 17.1 Å². The van der Waals surface area contributed by atoms with Crippen LogP contribution < -0.4 is 4.74 Å². The summed E-state index contributed by atoms with van der Waals surface area (Å²) < 4.78 is 12.8. The zero-order valence-corrected chi connectivity index (χ0v) is 14.7. The normalized spacial score (nSPS) is 10.8. The summed E-state index contributed by atoms with van der Waals surface area (Å²) in [5, 5.41) is 12.6. The molecule has 6 nitrogen and oxygen atoms in total. The molecule has 0 saturated carbocycles. The van der Waals surface area contributed by atoms with Crippen LogP contribution in [-0.2, 0) is 6.61 Å². The van der Waals surface area contributed by atoms with Crippen molar-refractivity contribution in [2.75, 3.05) is 0 Å². The van der Waals surface area contributed by atoms with Crippen molar-refractivity contribution in [2.45, 2.75) is 13.5 Å². The highest BCUT2D eigenvalue weighted by Crippen LogP contribution is 2.26. The van der Waals surface area contributed by atoms with Gasteiger partial charge in [0.25, 0.3) is 0 Å². The highest BCUT2D eigenvalue weighted by atomic mass is 35.5. The summed E-state index contributed by atoms with van der Waals surface area (Å²) in [4.78, 5) is 0. The van der Waals surface area contributed by atoms with Crippen LogP contribution in [0.3, 0.4) is 0 Å². The maximum Gasteiger partial charge on any atom is 0.247 e. The number of aryl methyl sites for hydroxylation is 1. The van der Waals surface area contributed by atoms with Crippen LogP contribution in [0.4, 0.5) is 0 Å². The van der Waals surface area contributed by atoms with Gasteiger partial charge < -0.3 is 9.15 Å². The van der Waals surface area contributed by atoms with E-state index in [2.05, 4.69) is 15.3 Å². The Morgan fingerprint density at radius 3 is 2.54 bits per heavy atom. The van der Waals surface area contributed by atoms with Crippen molar-refractivity contribution in [1.29, 1.82) is 0 Å². The van der Waals surface area contributed by atoms with E-state index >= 15 is 0 Å². The zero-order chi connectivity index (χ0) is 17.9. The van der Waals surface area contributed by atoms with E-state index in [-0.39, 0.29) is 0 Å². The lowest BCUT2D eigenvalue weighted by molar-refractivity contribution is 0.305. The topological polar surface area (TPSA) is 66.0 Å². The van der Waals surface area contributed by atoms with Crippen molar-refractivity contribution in [2.24, 2.45) is 0 Å². The van der Waals surface area contributed by atoms with Crippen molar-refractivity contribution in [3.8, 4) is 22.9 Å². The first-order valence-corrected chi connectivity index (χ1v) is 8.39. The molecule has 2 aromatic carbocycles. The highest BCUT2D eigenvalue weighted by molar-refractivity contribution is 6.30. The van der Waals surface area contributed by atoms with Crippen LogP contribution >= 0.6 is 11.6 Å². The van der Waals surface area contributed by atoms with Crippen molar-refractivity contribution < 1.29 is 9.15 Å². The lowest BCUT2D eigenvalue weighted by atomic mass is 10.2. The molecule has 0 aliphatic carbocycles. The van der Waals surface area contributed by atoms with Crippen LogP contribution in [0.15, 0.2) is 65.4 Å². The minimum atomic E-state index is 0.331. The Bertz CT molecular complexity index is 996. The Morgan fingerprint density at radius 2 is 1.85 bits per heavy atom. The number of rotatable bonds is 5. The summed E-state index contributed by atoms with van der Waals surface area (Å²) in [6.45, 7) is 2.25. The summed E-state index contributed by atoms with van der Waals surface area (Å²) in [6.07, 6.45) is 1.30. The van der Waals surface area contributed by atoms with E-state index in [4.69, 9.17) is 20.8 Å². The first-order chi connectivity index (χ1) is 12.7. The lowest BCUT2D eigenvalue weighted by Gasteiger charge is -2.07. The van der Waals surface area contributed by atoms with Gasteiger partial charge in [0, 0.05) is 11.1 Å². The molecule has 0 spiro atoms. The van der Waals surface area contributed by atoms with Crippen LogP contribution in [-0.4, -0.2) is 20.0 Å². The molecule has 26 heavy (non-hydrogen) atoms. The fourth-order valence-electron chi connectivity index (χ4n) is 2.58. The van der Waals surface area contributed by atoms with Gasteiger partial charge >= 0.3 is 0 Å². The number of aromatic nitrogens is 4. The first-order valence-electron chi connectivity index (χ1n) is 8.01. The quantitative estimate of drug-likeness (QED) is 0.521. The van der Waals surface area contributed by atoms with Crippen molar-refractivity contribution in [1.82, 2.24) is 20.0 Å². The first kappa shape index (κ1) is 16.4. The number of halogens is 1. The lowest BCUT2D eigenvalue weighted by Crippen LogP contribution is -1.98. The molecule has 2 heterocycles. The summed E-state index contributed by atoms with van der Waals surface area (Å²) in [5.74, 6) is 1.19. The Balaban J connectivity index is 1.51. The molecule has 4 rings (SSSR count). The van der Waals surface area contributed by atoms with E-state index in [9.17, 15) is 0 Å². The second-order valence-corrected chi connectivity index (χ2v) is 6.02. The third-order valence-electron chi connectivity index (χ3n) is 3.97. The minimum absolute atomic E-state index is 0.331. The second-order valence-electron chi connectivity index (χ2n) is 5.66. The molecule has 0 aliphatic heterocycles. The molecule has 0 saturated heterocycles. The summed E-state index contributed by atoms with van der Waals surface area (Å²) >= 11 is 6.52. The van der Waals surface area contributed by atoms with E-state index in [1.165, 1.54) is 6.39 Å². The molecule has 0 amide bonds. The van der Waals surface area contributed by atoms with Gasteiger partial charge in [-0.3, -0.25) is 0 Å². The van der Waals surface area contributed by atoms with Crippen molar-refractivity contribution in [3.63, 3.8) is 0 Å². The van der Waals surface area contributed by atoms with Gasteiger partial charge in [0.15, 0.2) is 0 Å². The van der Waals surface area contributed by atoms with Crippen LogP contribution in [0, 0.1) is 6.92 Å². The summed E-state index contributed by atoms with van der Waals surface area (Å²) in [6, 6.07) is 17.2. The number of benzene rings is 2. The average molecular weight is 367 g/mol. The van der Waals surface area contributed by atoms with Crippen molar-refractivity contribution in [3.05, 3.63) is 77.4 Å². The largest absolute Gasteiger partial charge is 0.489 e. The van der Waals surface area contributed by atoms with E-state index in [0.717, 1.165) is 28.3 Å². The van der Waals surface area contributed by atoms with E-state index in [1.54, 1.807) is 4.68 Å². The maximum atomic E-state index is 6.52. The predicted molar refractivity (Wildman–Crippen MR) is 97.4 cm³/mol. The summed E-state index contributed by atoms with van der Waals surface area (Å²) in [5.41, 5.74) is 3.44. The third kappa shape index (κ3) is 3.19. The van der Waals surface area contributed by atoms with Gasteiger partial charge in [-0.05, 0) is 43.3 Å². The Labute approximate surface area is 155 Å². The minimum Gasteiger partial charge on any atom is -0.489 e. The van der Waals surface area contributed by atoms with Crippen molar-refractivity contribution >= 4 is 11.6 Å². The van der Waals surface area contributed by atoms with E-state index in [1.807, 2.05) is 61.5 Å². The molecular formula is C19H15ClN4O2. The smallest absolute Gasteiger partial charge is 0.247 e. The molecule has 0 bridgehead atoms. The molecule has 0 unspecified atom stereocenters. The predicted octanol–water partition coefficient (Wildman–Crippen LogP) is 4.46. The zero-order valence-electron chi connectivity index (χ0n) is 14.0. The Hall–Kier alpha value is -3.12. The summed E-state index contributed by atoms with van der Waals surface area (Å²) in [7, 11) is 0. The molecule has 4 aromatic rings. The highest BCUT2D eigenvalue weighted by Gasteiger charge is 2.15. The third-order valence-corrected chi connectivity index (χ3v) is 4.36.